The highest BCUT2D eigenvalue weighted by molar-refractivity contribution is 5.71. The number of rotatable bonds is 38. The van der Waals surface area contributed by atoms with E-state index in [4.69, 9.17) is 14.2 Å². The van der Waals surface area contributed by atoms with Crippen LogP contribution in [0.15, 0.2) is 109 Å². The number of hydrogen-bond donors (Lipinski definition) is 0. The highest BCUT2D eigenvalue weighted by atomic mass is 16.6. The van der Waals surface area contributed by atoms with Crippen molar-refractivity contribution in [1.29, 1.82) is 0 Å². The lowest BCUT2D eigenvalue weighted by Crippen LogP contribution is -2.30. The molecular weight excluding hydrogens is 709 g/mol. The molecule has 0 saturated carbocycles. The molecule has 320 valence electrons. The zero-order chi connectivity index (χ0) is 41.5. The van der Waals surface area contributed by atoms with Gasteiger partial charge in [0, 0.05) is 19.3 Å². The minimum absolute atomic E-state index is 0.119. The van der Waals surface area contributed by atoms with Crippen LogP contribution in [-0.4, -0.2) is 37.2 Å². The second kappa shape index (κ2) is 44.8. The summed E-state index contributed by atoms with van der Waals surface area (Å²) in [6.07, 6.45) is 59.4. The average molecular weight is 789 g/mol. The first-order chi connectivity index (χ1) is 28.0. The summed E-state index contributed by atoms with van der Waals surface area (Å²) >= 11 is 0. The summed E-state index contributed by atoms with van der Waals surface area (Å²) in [5.41, 5.74) is 0. The number of ether oxygens (including phenoxy) is 3. The largest absolute Gasteiger partial charge is 0.462 e. The van der Waals surface area contributed by atoms with Crippen LogP contribution in [0.25, 0.3) is 0 Å². The molecular formula is C51H80O6. The fourth-order valence-corrected chi connectivity index (χ4v) is 5.42. The number of allylic oxidation sites excluding steroid dienone is 18. The second-order valence-corrected chi connectivity index (χ2v) is 14.2. The Morgan fingerprint density at radius 3 is 1.18 bits per heavy atom. The topological polar surface area (TPSA) is 78.9 Å². The van der Waals surface area contributed by atoms with Gasteiger partial charge in [-0.1, -0.05) is 156 Å². The molecule has 6 nitrogen and oxygen atoms in total. The van der Waals surface area contributed by atoms with E-state index in [0.29, 0.717) is 19.3 Å². The second-order valence-electron chi connectivity index (χ2n) is 14.2. The summed E-state index contributed by atoms with van der Waals surface area (Å²) in [7, 11) is 0. The SMILES string of the molecule is CC/C=C\C/C=C\C/C=C\C/C=C\C/C=C\CCCCCC(=O)OCC(COC(=O)CCCC/C=C\C/C=C\CC)OC(=O)CCCCC/C=C\C=C/CCCC. The molecule has 0 aromatic carbocycles. The van der Waals surface area contributed by atoms with E-state index in [0.717, 1.165) is 116 Å². The highest BCUT2D eigenvalue weighted by Crippen LogP contribution is 2.10. The summed E-state index contributed by atoms with van der Waals surface area (Å²) in [4.78, 5) is 37.6. The van der Waals surface area contributed by atoms with E-state index in [-0.39, 0.29) is 37.5 Å². The van der Waals surface area contributed by atoms with Gasteiger partial charge in [0.1, 0.15) is 13.2 Å². The van der Waals surface area contributed by atoms with Crippen molar-refractivity contribution in [1.82, 2.24) is 0 Å². The van der Waals surface area contributed by atoms with Crippen LogP contribution in [0.5, 0.6) is 0 Å². The molecule has 1 atom stereocenters. The van der Waals surface area contributed by atoms with Gasteiger partial charge in [-0.2, -0.15) is 0 Å². The van der Waals surface area contributed by atoms with Crippen molar-refractivity contribution >= 4 is 17.9 Å². The van der Waals surface area contributed by atoms with Crippen LogP contribution in [0.3, 0.4) is 0 Å². The summed E-state index contributed by atoms with van der Waals surface area (Å²) in [6.45, 7) is 6.22. The van der Waals surface area contributed by atoms with E-state index in [1.54, 1.807) is 0 Å². The summed E-state index contributed by atoms with van der Waals surface area (Å²) in [6, 6.07) is 0. The first-order valence-electron chi connectivity index (χ1n) is 22.4. The van der Waals surface area contributed by atoms with Crippen molar-refractivity contribution in [3.8, 4) is 0 Å². The maximum Gasteiger partial charge on any atom is 0.306 e. The van der Waals surface area contributed by atoms with Gasteiger partial charge >= 0.3 is 17.9 Å². The molecule has 57 heavy (non-hydrogen) atoms. The number of hydrogen-bond acceptors (Lipinski definition) is 6. The van der Waals surface area contributed by atoms with Crippen LogP contribution in [-0.2, 0) is 28.6 Å². The van der Waals surface area contributed by atoms with Gasteiger partial charge in [0.25, 0.3) is 0 Å². The van der Waals surface area contributed by atoms with Crippen LogP contribution >= 0.6 is 0 Å². The fraction of sp³-hybridized carbons (Fsp3) is 0.588. The number of carbonyl (C=O) groups excluding carboxylic acids is 3. The Labute approximate surface area is 349 Å². The Balaban J connectivity index is 4.47. The third kappa shape index (κ3) is 43.0. The molecule has 0 radical (unpaired) electrons. The van der Waals surface area contributed by atoms with Gasteiger partial charge < -0.3 is 14.2 Å². The van der Waals surface area contributed by atoms with E-state index in [9.17, 15) is 14.4 Å². The van der Waals surface area contributed by atoms with Gasteiger partial charge in [-0.05, 0) is 109 Å². The first-order valence-corrected chi connectivity index (χ1v) is 22.4. The lowest BCUT2D eigenvalue weighted by molar-refractivity contribution is -0.167. The molecule has 0 aromatic heterocycles. The molecule has 0 amide bonds. The molecule has 0 aliphatic rings. The van der Waals surface area contributed by atoms with Gasteiger partial charge in [0.05, 0.1) is 0 Å². The monoisotopic (exact) mass is 789 g/mol. The maximum absolute atomic E-state index is 12.7. The summed E-state index contributed by atoms with van der Waals surface area (Å²) in [5, 5.41) is 0. The molecule has 0 aromatic rings. The molecule has 6 heteroatoms. The average Bonchev–Trinajstić information content (AvgIpc) is 3.21. The van der Waals surface area contributed by atoms with Crippen LogP contribution in [0.1, 0.15) is 175 Å². The highest BCUT2D eigenvalue weighted by Gasteiger charge is 2.19. The molecule has 0 N–H and O–H groups in total. The standard InChI is InChI=1S/C51H80O6/c1-4-7-10-13-16-19-21-22-23-24-25-26-27-28-30-32-35-38-41-44-50(53)56-47-48(46-55-49(52)43-40-37-34-31-18-15-12-9-6-3)57-51(54)45-42-39-36-33-29-20-17-14-11-8-5-2/h7,9-10,12,14,16-20,22-23,25-26,28-31,48H,4-6,8,11,13,15,21,24,27,32-47H2,1-3H3/b10-7-,12-9-,17-14-,19-16-,23-22-,26-25-,29-20-,30-28-,31-18-. The van der Waals surface area contributed by atoms with E-state index < -0.39 is 6.10 Å². The van der Waals surface area contributed by atoms with E-state index in [1.165, 1.54) is 12.8 Å². The Hall–Kier alpha value is -3.93. The summed E-state index contributed by atoms with van der Waals surface area (Å²) < 4.78 is 16.6. The lowest BCUT2D eigenvalue weighted by Gasteiger charge is -2.18. The zero-order valence-electron chi connectivity index (χ0n) is 36.3. The van der Waals surface area contributed by atoms with Gasteiger partial charge in [-0.3, -0.25) is 14.4 Å². The minimum atomic E-state index is -0.817. The predicted octanol–water partition coefficient (Wildman–Crippen LogP) is 14.4. The van der Waals surface area contributed by atoms with Gasteiger partial charge in [-0.15, -0.1) is 0 Å². The van der Waals surface area contributed by atoms with E-state index in [2.05, 4.69) is 130 Å². The van der Waals surface area contributed by atoms with Crippen molar-refractivity contribution in [2.75, 3.05) is 13.2 Å². The molecule has 0 bridgehead atoms. The summed E-state index contributed by atoms with van der Waals surface area (Å²) in [5.74, 6) is -1.03. The smallest absolute Gasteiger partial charge is 0.306 e. The Bertz CT molecular complexity index is 1230. The molecule has 0 aliphatic carbocycles. The van der Waals surface area contributed by atoms with Crippen molar-refractivity contribution in [3.63, 3.8) is 0 Å². The van der Waals surface area contributed by atoms with Crippen molar-refractivity contribution in [2.45, 2.75) is 181 Å². The third-order valence-electron chi connectivity index (χ3n) is 8.77. The number of carbonyl (C=O) groups is 3. The Morgan fingerprint density at radius 1 is 0.386 bits per heavy atom. The molecule has 0 spiro atoms. The fourth-order valence-electron chi connectivity index (χ4n) is 5.42. The van der Waals surface area contributed by atoms with Gasteiger partial charge in [0.15, 0.2) is 6.10 Å². The minimum Gasteiger partial charge on any atom is -0.462 e. The van der Waals surface area contributed by atoms with Gasteiger partial charge in [-0.25, -0.2) is 0 Å². The molecule has 0 fully saturated rings. The lowest BCUT2D eigenvalue weighted by atomic mass is 10.1. The Kier molecular flexibility index (Phi) is 41.7. The first kappa shape index (κ1) is 53.1. The Morgan fingerprint density at radius 2 is 0.737 bits per heavy atom. The normalized spacial score (nSPS) is 13.1. The van der Waals surface area contributed by atoms with Crippen molar-refractivity contribution < 1.29 is 28.6 Å². The van der Waals surface area contributed by atoms with E-state index in [1.807, 2.05) is 0 Å². The zero-order valence-corrected chi connectivity index (χ0v) is 36.3. The molecule has 0 aliphatic heterocycles. The van der Waals surface area contributed by atoms with E-state index >= 15 is 0 Å². The molecule has 1 unspecified atom stereocenters. The number of esters is 3. The van der Waals surface area contributed by atoms with Crippen LogP contribution in [0.4, 0.5) is 0 Å². The van der Waals surface area contributed by atoms with Gasteiger partial charge in [0.2, 0.25) is 0 Å². The molecule has 0 saturated heterocycles. The van der Waals surface area contributed by atoms with Crippen molar-refractivity contribution in [2.24, 2.45) is 0 Å². The van der Waals surface area contributed by atoms with Crippen LogP contribution in [0.2, 0.25) is 0 Å². The quantitative estimate of drug-likeness (QED) is 0.0204. The number of unbranched alkanes of at least 4 members (excludes halogenated alkanes) is 10. The van der Waals surface area contributed by atoms with Crippen LogP contribution < -0.4 is 0 Å². The molecule has 0 heterocycles. The predicted molar refractivity (Wildman–Crippen MR) is 242 cm³/mol. The third-order valence-corrected chi connectivity index (χ3v) is 8.77. The maximum atomic E-state index is 12.7. The molecule has 0 rings (SSSR count). The van der Waals surface area contributed by atoms with Crippen molar-refractivity contribution in [3.05, 3.63) is 109 Å². The van der Waals surface area contributed by atoms with Crippen LogP contribution in [0, 0.1) is 0 Å².